The molecule has 0 radical (unpaired) electrons. The maximum absolute atomic E-state index is 15.0. The van der Waals surface area contributed by atoms with Crippen LogP contribution in [0.5, 0.6) is 0 Å². The van der Waals surface area contributed by atoms with Crippen LogP contribution < -0.4 is 5.32 Å². The van der Waals surface area contributed by atoms with Gasteiger partial charge in [-0.05, 0) is 66.9 Å². The van der Waals surface area contributed by atoms with E-state index in [1.54, 1.807) is 19.1 Å². The number of carbonyl (C=O) groups excluding carboxylic acids is 1. The predicted octanol–water partition coefficient (Wildman–Crippen LogP) is 6.07. The Morgan fingerprint density at radius 3 is 2.31 bits per heavy atom. The number of hydrogen-bond acceptors (Lipinski definition) is 3. The summed E-state index contributed by atoms with van der Waals surface area (Å²) >= 11 is 0. The highest BCUT2D eigenvalue weighted by atomic mass is 19.1. The lowest BCUT2D eigenvalue weighted by atomic mass is 10.1. The number of halogens is 2. The number of likely N-dealkylation sites (tertiary alicyclic amines) is 1. The van der Waals surface area contributed by atoms with Gasteiger partial charge in [-0.25, -0.2) is 13.5 Å². The lowest BCUT2D eigenvalue weighted by Crippen LogP contribution is -2.32. The number of aromatic nitrogens is 2. The van der Waals surface area contributed by atoms with E-state index in [1.165, 1.54) is 28.9 Å². The fourth-order valence-corrected chi connectivity index (χ4v) is 4.63. The van der Waals surface area contributed by atoms with Crippen molar-refractivity contribution >= 4 is 28.2 Å². The molecule has 4 aromatic rings. The van der Waals surface area contributed by atoms with Crippen LogP contribution in [0.2, 0.25) is 0 Å². The Morgan fingerprint density at radius 1 is 0.917 bits per heavy atom. The summed E-state index contributed by atoms with van der Waals surface area (Å²) in [5, 5.41) is 16.9. The van der Waals surface area contributed by atoms with Gasteiger partial charge < -0.3 is 10.2 Å². The summed E-state index contributed by atoms with van der Waals surface area (Å²) in [7, 11) is 0. The standard InChI is InChI=1S/C28H27F2N5O/c1-18-14-26(35(33-18)25-17-20-9-5-4-8-19(20)15-23(25)30)28(36)32-24-11-10-21(16-22(24)29)27(31)34-12-6-2-3-7-13-34/h4-5,8-11,14-17,31H,2-3,6-7,12-13H2,1H3,(H,32,36). The fourth-order valence-electron chi connectivity index (χ4n) is 4.63. The number of fused-ring (bicyclic) bond motifs is 1. The minimum Gasteiger partial charge on any atom is -0.357 e. The first-order valence-electron chi connectivity index (χ1n) is 12.1. The second-order valence-electron chi connectivity index (χ2n) is 9.13. The molecular formula is C28H27F2N5O. The van der Waals surface area contributed by atoms with Crippen LogP contribution in [0, 0.1) is 24.0 Å². The summed E-state index contributed by atoms with van der Waals surface area (Å²) in [5.41, 5.74) is 1.19. The molecule has 1 amide bonds. The van der Waals surface area contributed by atoms with E-state index in [-0.39, 0.29) is 22.9 Å². The number of hydrogen-bond donors (Lipinski definition) is 2. The molecule has 1 aliphatic heterocycles. The smallest absolute Gasteiger partial charge is 0.274 e. The highest BCUT2D eigenvalue weighted by molar-refractivity contribution is 6.04. The molecule has 2 N–H and O–H groups in total. The first kappa shape index (κ1) is 23.7. The molecule has 3 aromatic carbocycles. The summed E-state index contributed by atoms with van der Waals surface area (Å²) in [4.78, 5) is 15.1. The molecule has 2 heterocycles. The first-order chi connectivity index (χ1) is 17.4. The second kappa shape index (κ2) is 9.89. The van der Waals surface area contributed by atoms with Crippen molar-refractivity contribution in [3.05, 3.63) is 89.2 Å². The summed E-state index contributed by atoms with van der Waals surface area (Å²) in [5.74, 6) is -1.49. The van der Waals surface area contributed by atoms with Gasteiger partial charge in [-0.1, -0.05) is 37.1 Å². The number of aryl methyl sites for hydroxylation is 1. The SMILES string of the molecule is Cc1cc(C(=O)Nc2ccc(C(=N)N3CCCCCC3)cc2F)n(-c2cc3ccccc3cc2F)n1. The van der Waals surface area contributed by atoms with Gasteiger partial charge in [0.15, 0.2) is 0 Å². The van der Waals surface area contributed by atoms with Crippen molar-refractivity contribution < 1.29 is 13.6 Å². The Balaban J connectivity index is 1.40. The van der Waals surface area contributed by atoms with E-state index >= 15 is 0 Å². The minimum absolute atomic E-state index is 0.0168. The maximum Gasteiger partial charge on any atom is 0.274 e. The van der Waals surface area contributed by atoms with Crippen LogP contribution in [0.1, 0.15) is 47.4 Å². The number of nitrogens with zero attached hydrogens (tertiary/aromatic N) is 3. The van der Waals surface area contributed by atoms with Crippen LogP contribution in [0.4, 0.5) is 14.5 Å². The summed E-state index contributed by atoms with van der Waals surface area (Å²) < 4.78 is 31.2. The van der Waals surface area contributed by atoms with E-state index in [9.17, 15) is 13.6 Å². The van der Waals surface area contributed by atoms with Gasteiger partial charge in [0.1, 0.15) is 28.9 Å². The Bertz CT molecular complexity index is 1450. The Kier molecular flexibility index (Phi) is 6.50. The fraction of sp³-hybridized carbons (Fsp3) is 0.250. The van der Waals surface area contributed by atoms with E-state index in [0.29, 0.717) is 11.3 Å². The molecule has 1 aliphatic rings. The quantitative estimate of drug-likeness (QED) is 0.271. The molecular weight excluding hydrogens is 460 g/mol. The molecule has 1 saturated heterocycles. The van der Waals surface area contributed by atoms with Gasteiger partial charge in [-0.15, -0.1) is 0 Å². The normalized spacial score (nSPS) is 14.0. The zero-order valence-corrected chi connectivity index (χ0v) is 20.0. The molecule has 0 saturated carbocycles. The van der Waals surface area contributed by atoms with Gasteiger partial charge in [-0.2, -0.15) is 5.10 Å². The molecule has 0 aliphatic carbocycles. The number of nitrogens with one attached hydrogen (secondary N) is 2. The molecule has 8 heteroatoms. The van der Waals surface area contributed by atoms with Crippen LogP contribution in [-0.4, -0.2) is 39.5 Å². The number of anilines is 1. The molecule has 0 spiro atoms. The maximum atomic E-state index is 15.0. The third-order valence-corrected chi connectivity index (χ3v) is 6.52. The number of benzene rings is 3. The van der Waals surface area contributed by atoms with Crippen molar-refractivity contribution in [2.75, 3.05) is 18.4 Å². The lowest BCUT2D eigenvalue weighted by Gasteiger charge is -2.23. The largest absolute Gasteiger partial charge is 0.357 e. The molecule has 6 nitrogen and oxygen atoms in total. The number of amidine groups is 1. The zero-order chi connectivity index (χ0) is 25.2. The van der Waals surface area contributed by atoms with Crippen LogP contribution in [0.3, 0.4) is 0 Å². The molecule has 1 aromatic heterocycles. The molecule has 0 bridgehead atoms. The Hall–Kier alpha value is -4.07. The molecule has 5 rings (SSSR count). The average Bonchev–Trinajstić information content (AvgIpc) is 3.07. The first-order valence-corrected chi connectivity index (χ1v) is 12.1. The van der Waals surface area contributed by atoms with Crippen LogP contribution >= 0.6 is 0 Å². The van der Waals surface area contributed by atoms with Gasteiger partial charge >= 0.3 is 0 Å². The number of carbonyl (C=O) groups is 1. The summed E-state index contributed by atoms with van der Waals surface area (Å²) in [6, 6.07) is 16.3. The Morgan fingerprint density at radius 2 is 1.61 bits per heavy atom. The van der Waals surface area contributed by atoms with Crippen molar-refractivity contribution in [3.8, 4) is 5.69 Å². The van der Waals surface area contributed by atoms with E-state index < -0.39 is 17.5 Å². The van der Waals surface area contributed by atoms with Crippen LogP contribution in [0.15, 0.2) is 60.7 Å². The van der Waals surface area contributed by atoms with E-state index in [0.717, 1.165) is 49.5 Å². The summed E-state index contributed by atoms with van der Waals surface area (Å²) in [6.07, 6.45) is 4.32. The van der Waals surface area contributed by atoms with Crippen molar-refractivity contribution in [2.24, 2.45) is 0 Å². The lowest BCUT2D eigenvalue weighted by molar-refractivity contribution is 0.101. The highest BCUT2D eigenvalue weighted by Crippen LogP contribution is 2.25. The molecule has 0 unspecified atom stereocenters. The van der Waals surface area contributed by atoms with Gasteiger partial charge in [0.05, 0.1) is 11.4 Å². The van der Waals surface area contributed by atoms with Gasteiger partial charge in [0.2, 0.25) is 0 Å². The third-order valence-electron chi connectivity index (χ3n) is 6.52. The molecule has 1 fully saturated rings. The molecule has 184 valence electrons. The predicted molar refractivity (Wildman–Crippen MR) is 137 cm³/mol. The van der Waals surface area contributed by atoms with Gasteiger partial charge in [-0.3, -0.25) is 10.2 Å². The topological polar surface area (TPSA) is 74.0 Å². The van der Waals surface area contributed by atoms with Gasteiger partial charge in [0, 0.05) is 18.7 Å². The average molecular weight is 488 g/mol. The van der Waals surface area contributed by atoms with E-state index in [1.807, 2.05) is 29.2 Å². The Labute approximate surface area is 208 Å². The van der Waals surface area contributed by atoms with E-state index in [4.69, 9.17) is 5.41 Å². The van der Waals surface area contributed by atoms with Crippen molar-refractivity contribution in [3.63, 3.8) is 0 Å². The molecule has 0 atom stereocenters. The van der Waals surface area contributed by atoms with Crippen molar-refractivity contribution in [1.29, 1.82) is 5.41 Å². The minimum atomic E-state index is -0.639. The monoisotopic (exact) mass is 487 g/mol. The second-order valence-corrected chi connectivity index (χ2v) is 9.13. The summed E-state index contributed by atoms with van der Waals surface area (Å²) in [6.45, 7) is 3.28. The van der Waals surface area contributed by atoms with Crippen molar-refractivity contribution in [2.45, 2.75) is 32.6 Å². The number of rotatable bonds is 4. The third kappa shape index (κ3) is 4.71. The van der Waals surface area contributed by atoms with Crippen molar-refractivity contribution in [1.82, 2.24) is 14.7 Å². The number of amides is 1. The van der Waals surface area contributed by atoms with Crippen LogP contribution in [-0.2, 0) is 0 Å². The highest BCUT2D eigenvalue weighted by Gasteiger charge is 2.21. The van der Waals surface area contributed by atoms with Crippen LogP contribution in [0.25, 0.3) is 16.5 Å². The van der Waals surface area contributed by atoms with Gasteiger partial charge in [0.25, 0.3) is 5.91 Å². The molecule has 36 heavy (non-hydrogen) atoms. The zero-order valence-electron chi connectivity index (χ0n) is 20.0. The van der Waals surface area contributed by atoms with E-state index in [2.05, 4.69) is 10.4 Å².